The van der Waals surface area contributed by atoms with Crippen LogP contribution in [0.2, 0.25) is 0 Å². The van der Waals surface area contributed by atoms with E-state index in [0.717, 1.165) is 13.1 Å². The van der Waals surface area contributed by atoms with Crippen LogP contribution in [0.15, 0.2) is 35.1 Å². The number of carbonyl (C=O) groups is 1. The number of carbonyl (C=O) groups excluding carboxylic acids is 1. The molecule has 6 nitrogen and oxygen atoms in total. The number of aromatic nitrogens is 1. The molecule has 2 heterocycles. The van der Waals surface area contributed by atoms with Gasteiger partial charge < -0.3 is 16.4 Å². The molecule has 1 saturated heterocycles. The molecule has 1 amide bonds. The molecule has 0 saturated carbocycles. The lowest BCUT2D eigenvalue weighted by atomic mass is 10.2. The fraction of sp³-hybridized carbons (Fsp3) is 0.308. The van der Waals surface area contributed by atoms with Crippen LogP contribution in [-0.2, 0) is 11.3 Å². The number of hydrogen-bond donors (Lipinski definition) is 3. The van der Waals surface area contributed by atoms with Crippen molar-refractivity contribution < 1.29 is 9.18 Å². The summed E-state index contributed by atoms with van der Waals surface area (Å²) in [4.78, 5) is 19.9. The predicted molar refractivity (Wildman–Crippen MR) is 73.5 cm³/mol. The molecular weight excluding hydrogens is 261 g/mol. The van der Waals surface area contributed by atoms with Crippen molar-refractivity contribution in [2.45, 2.75) is 12.6 Å². The molecule has 0 aromatic carbocycles. The normalized spacial score (nSPS) is 16.1. The first-order valence-corrected chi connectivity index (χ1v) is 6.24. The second-order valence-corrected chi connectivity index (χ2v) is 4.33. The molecule has 7 heteroatoms. The third-order valence-corrected chi connectivity index (χ3v) is 2.88. The summed E-state index contributed by atoms with van der Waals surface area (Å²) in [6.45, 7) is 1.60. The molecule has 0 bridgehead atoms. The minimum Gasteiger partial charge on any atom is -0.404 e. The van der Waals surface area contributed by atoms with Crippen molar-refractivity contribution in [3.05, 3.63) is 41.6 Å². The highest BCUT2D eigenvalue weighted by Gasteiger charge is 2.15. The van der Waals surface area contributed by atoms with Crippen molar-refractivity contribution in [2.75, 3.05) is 13.1 Å². The van der Waals surface area contributed by atoms with Crippen LogP contribution in [0.25, 0.3) is 0 Å². The Bertz CT molecular complexity index is 539. The molecular formula is C13H16FN5O. The first-order valence-electron chi connectivity index (χ1n) is 6.24. The SMILES string of the molecule is NC=C(C=NC1CNC1)C(=O)NCc1ncccc1F. The van der Waals surface area contributed by atoms with Crippen LogP contribution in [0.3, 0.4) is 0 Å². The van der Waals surface area contributed by atoms with Crippen LogP contribution >= 0.6 is 0 Å². The van der Waals surface area contributed by atoms with Gasteiger partial charge in [-0.05, 0) is 12.1 Å². The van der Waals surface area contributed by atoms with E-state index < -0.39 is 11.7 Å². The summed E-state index contributed by atoms with van der Waals surface area (Å²) in [5.74, 6) is -0.867. The Morgan fingerprint density at radius 2 is 2.45 bits per heavy atom. The third kappa shape index (κ3) is 3.61. The average Bonchev–Trinajstić information content (AvgIpc) is 2.40. The molecule has 0 radical (unpaired) electrons. The molecule has 20 heavy (non-hydrogen) atoms. The van der Waals surface area contributed by atoms with Gasteiger partial charge in [0.05, 0.1) is 23.9 Å². The Balaban J connectivity index is 1.89. The number of nitrogens with zero attached hydrogens (tertiary/aromatic N) is 2. The highest BCUT2D eigenvalue weighted by atomic mass is 19.1. The van der Waals surface area contributed by atoms with Gasteiger partial charge in [-0.2, -0.15) is 0 Å². The number of pyridine rings is 1. The van der Waals surface area contributed by atoms with Crippen molar-refractivity contribution in [3.8, 4) is 0 Å². The van der Waals surface area contributed by atoms with Gasteiger partial charge in [0, 0.05) is 31.7 Å². The summed E-state index contributed by atoms with van der Waals surface area (Å²) < 4.78 is 13.3. The maximum atomic E-state index is 13.3. The molecule has 1 aromatic rings. The molecule has 1 fully saturated rings. The second-order valence-electron chi connectivity index (χ2n) is 4.33. The molecule has 0 aliphatic carbocycles. The summed E-state index contributed by atoms with van der Waals surface area (Å²) in [6.07, 6.45) is 4.09. The molecule has 0 unspecified atom stereocenters. The summed E-state index contributed by atoms with van der Waals surface area (Å²) in [7, 11) is 0. The monoisotopic (exact) mass is 277 g/mol. The van der Waals surface area contributed by atoms with Crippen LogP contribution in [0.1, 0.15) is 5.69 Å². The van der Waals surface area contributed by atoms with Gasteiger partial charge in [-0.1, -0.05) is 0 Å². The first kappa shape index (κ1) is 14.1. The minimum atomic E-state index is -0.458. The number of rotatable bonds is 5. The predicted octanol–water partition coefficient (Wildman–Crippen LogP) is -0.278. The van der Waals surface area contributed by atoms with Crippen molar-refractivity contribution in [1.82, 2.24) is 15.6 Å². The number of hydrogen-bond acceptors (Lipinski definition) is 5. The Morgan fingerprint density at radius 3 is 3.05 bits per heavy atom. The summed E-state index contributed by atoms with van der Waals surface area (Å²) in [6, 6.07) is 2.97. The summed E-state index contributed by atoms with van der Waals surface area (Å²) in [5.41, 5.74) is 5.82. The largest absolute Gasteiger partial charge is 0.404 e. The van der Waals surface area contributed by atoms with Crippen LogP contribution in [0, 0.1) is 5.82 Å². The number of nitrogens with one attached hydrogen (secondary N) is 2. The second kappa shape index (κ2) is 6.76. The van der Waals surface area contributed by atoms with Gasteiger partial charge in [-0.3, -0.25) is 14.8 Å². The van der Waals surface area contributed by atoms with E-state index in [1.54, 1.807) is 0 Å². The lowest BCUT2D eigenvalue weighted by molar-refractivity contribution is -0.117. The zero-order valence-corrected chi connectivity index (χ0v) is 10.8. The number of halogens is 1. The number of nitrogens with two attached hydrogens (primary N) is 1. The molecule has 0 spiro atoms. The van der Waals surface area contributed by atoms with Gasteiger partial charge in [0.1, 0.15) is 5.82 Å². The first-order chi connectivity index (χ1) is 9.70. The van der Waals surface area contributed by atoms with Crippen LogP contribution in [0.5, 0.6) is 0 Å². The van der Waals surface area contributed by atoms with Crippen LogP contribution in [0.4, 0.5) is 4.39 Å². The van der Waals surface area contributed by atoms with Crippen LogP contribution < -0.4 is 16.4 Å². The van der Waals surface area contributed by atoms with Gasteiger partial charge in [-0.25, -0.2) is 4.39 Å². The third-order valence-electron chi connectivity index (χ3n) is 2.88. The van der Waals surface area contributed by atoms with Crippen LogP contribution in [-0.4, -0.2) is 36.2 Å². The van der Waals surface area contributed by atoms with E-state index in [4.69, 9.17) is 5.73 Å². The maximum absolute atomic E-state index is 13.3. The molecule has 1 aliphatic rings. The molecule has 4 N–H and O–H groups in total. The van der Waals surface area contributed by atoms with E-state index in [1.807, 2.05) is 0 Å². The van der Waals surface area contributed by atoms with Crippen molar-refractivity contribution >= 4 is 12.1 Å². The van der Waals surface area contributed by atoms with Crippen molar-refractivity contribution in [1.29, 1.82) is 0 Å². The summed E-state index contributed by atoms with van der Waals surface area (Å²) in [5, 5.41) is 5.62. The number of amides is 1. The molecule has 106 valence electrons. The zero-order valence-electron chi connectivity index (χ0n) is 10.8. The topological polar surface area (TPSA) is 92.4 Å². The fourth-order valence-electron chi connectivity index (χ4n) is 1.56. The summed E-state index contributed by atoms with van der Waals surface area (Å²) >= 11 is 0. The molecule has 0 atom stereocenters. The average molecular weight is 277 g/mol. The Labute approximate surface area is 116 Å². The van der Waals surface area contributed by atoms with Crippen molar-refractivity contribution in [2.24, 2.45) is 10.7 Å². The van der Waals surface area contributed by atoms with E-state index in [-0.39, 0.29) is 23.9 Å². The smallest absolute Gasteiger partial charge is 0.254 e. The maximum Gasteiger partial charge on any atom is 0.254 e. The van der Waals surface area contributed by atoms with Gasteiger partial charge >= 0.3 is 0 Å². The van der Waals surface area contributed by atoms with Gasteiger partial charge in [0.25, 0.3) is 5.91 Å². The minimum absolute atomic E-state index is 0.00166. The molecule has 2 rings (SSSR count). The lowest BCUT2D eigenvalue weighted by Crippen LogP contribution is -2.45. The van der Waals surface area contributed by atoms with Crippen molar-refractivity contribution in [3.63, 3.8) is 0 Å². The lowest BCUT2D eigenvalue weighted by Gasteiger charge is -2.22. The van der Waals surface area contributed by atoms with E-state index in [0.29, 0.717) is 0 Å². The van der Waals surface area contributed by atoms with E-state index in [2.05, 4.69) is 20.6 Å². The molecule has 1 aliphatic heterocycles. The molecule has 1 aromatic heterocycles. The quantitative estimate of drug-likeness (QED) is 0.510. The highest BCUT2D eigenvalue weighted by Crippen LogP contribution is 2.02. The van der Waals surface area contributed by atoms with E-state index >= 15 is 0 Å². The zero-order chi connectivity index (χ0) is 14.4. The Morgan fingerprint density at radius 1 is 1.65 bits per heavy atom. The number of aliphatic imine (C=N–C) groups is 1. The standard InChI is InChI=1S/C13H16FN5O/c14-11-2-1-3-17-12(11)8-19-13(20)9(4-15)5-18-10-6-16-7-10/h1-5,10,16H,6-8,15H2,(H,19,20). The Kier molecular flexibility index (Phi) is 4.78. The van der Waals surface area contributed by atoms with Gasteiger partial charge in [-0.15, -0.1) is 0 Å². The van der Waals surface area contributed by atoms with Gasteiger partial charge in [0.2, 0.25) is 0 Å². The fourth-order valence-corrected chi connectivity index (χ4v) is 1.56. The highest BCUT2D eigenvalue weighted by molar-refractivity contribution is 6.12. The van der Waals surface area contributed by atoms with E-state index in [1.165, 1.54) is 30.7 Å². The van der Waals surface area contributed by atoms with Gasteiger partial charge in [0.15, 0.2) is 0 Å². The van der Waals surface area contributed by atoms with E-state index in [9.17, 15) is 9.18 Å². The Hall–Kier alpha value is -2.28.